The van der Waals surface area contributed by atoms with Crippen LogP contribution in [0.25, 0.3) is 16.3 Å². The fraction of sp³-hybridized carbons (Fsp3) is 0. The van der Waals surface area contributed by atoms with Crippen molar-refractivity contribution in [2.45, 2.75) is 0 Å². The molecular formula is C11H5BrClN3OS. The van der Waals surface area contributed by atoms with Gasteiger partial charge in [0.05, 0.1) is 21.6 Å². The zero-order valence-electron chi connectivity index (χ0n) is 8.80. The molecule has 0 bridgehead atoms. The van der Waals surface area contributed by atoms with Gasteiger partial charge in [-0.3, -0.25) is 9.20 Å². The average molecular weight is 343 g/mol. The Bertz CT molecular complexity index is 752. The highest BCUT2D eigenvalue weighted by molar-refractivity contribution is 9.10. The number of rotatable bonds is 2. The maximum Gasteiger partial charge on any atom is 0.173 e. The zero-order valence-corrected chi connectivity index (χ0v) is 12.0. The summed E-state index contributed by atoms with van der Waals surface area (Å²) in [5.74, 6) is 0.673. The maximum atomic E-state index is 10.7. The van der Waals surface area contributed by atoms with Gasteiger partial charge in [-0.2, -0.15) is 0 Å². The van der Waals surface area contributed by atoms with Crippen molar-refractivity contribution in [1.29, 1.82) is 0 Å². The Morgan fingerprint density at radius 2 is 2.22 bits per heavy atom. The van der Waals surface area contributed by atoms with Crippen molar-refractivity contribution >= 4 is 50.7 Å². The number of halogens is 2. The first-order chi connectivity index (χ1) is 8.69. The minimum atomic E-state index is 0.572. The Labute approximate surface area is 119 Å². The molecule has 0 fully saturated rings. The predicted molar refractivity (Wildman–Crippen MR) is 74.4 cm³/mol. The molecule has 7 heteroatoms. The van der Waals surface area contributed by atoms with Crippen LogP contribution in [0.5, 0.6) is 0 Å². The minimum Gasteiger partial charge on any atom is -0.297 e. The molecule has 3 aromatic heterocycles. The maximum absolute atomic E-state index is 10.7. The number of aldehydes is 1. The Kier molecular flexibility index (Phi) is 2.93. The first-order valence-electron chi connectivity index (χ1n) is 4.92. The van der Waals surface area contributed by atoms with E-state index in [1.54, 1.807) is 12.3 Å². The molecule has 0 amide bonds. The number of hydrogen-bond donors (Lipinski definition) is 0. The average Bonchev–Trinajstić information content (AvgIpc) is 2.93. The van der Waals surface area contributed by atoms with Gasteiger partial charge in [-0.1, -0.05) is 11.6 Å². The van der Waals surface area contributed by atoms with Gasteiger partial charge >= 0.3 is 0 Å². The lowest BCUT2D eigenvalue weighted by molar-refractivity contribution is 0.112. The van der Waals surface area contributed by atoms with E-state index in [0.717, 1.165) is 16.3 Å². The van der Waals surface area contributed by atoms with E-state index >= 15 is 0 Å². The molecule has 0 spiro atoms. The van der Waals surface area contributed by atoms with Gasteiger partial charge in [0.25, 0.3) is 0 Å². The summed E-state index contributed by atoms with van der Waals surface area (Å²) in [5, 5.41) is 1.29. The van der Waals surface area contributed by atoms with Crippen LogP contribution in [0.2, 0.25) is 5.02 Å². The molecule has 0 aliphatic rings. The summed E-state index contributed by atoms with van der Waals surface area (Å²) in [5.41, 5.74) is 0.803. The summed E-state index contributed by atoms with van der Waals surface area (Å²) in [4.78, 5) is 19.7. The molecule has 0 unspecified atom stereocenters. The number of hydrogen-bond acceptors (Lipinski definition) is 4. The quantitative estimate of drug-likeness (QED) is 0.667. The molecule has 0 saturated carbocycles. The molecule has 4 nitrogen and oxygen atoms in total. The van der Waals surface area contributed by atoms with Crippen LogP contribution < -0.4 is 0 Å². The Morgan fingerprint density at radius 1 is 1.39 bits per heavy atom. The Balaban J connectivity index is 2.26. The predicted octanol–water partition coefficient (Wildman–Crippen LogP) is 3.69. The zero-order chi connectivity index (χ0) is 12.7. The fourth-order valence-electron chi connectivity index (χ4n) is 1.63. The van der Waals surface area contributed by atoms with E-state index in [4.69, 9.17) is 11.6 Å². The summed E-state index contributed by atoms with van der Waals surface area (Å²) in [6.45, 7) is 0. The third-order valence-corrected chi connectivity index (χ3v) is 4.04. The topological polar surface area (TPSA) is 47.3 Å². The van der Waals surface area contributed by atoms with Gasteiger partial charge in [0, 0.05) is 16.9 Å². The number of carbonyl (C=O) groups is 1. The second-order valence-electron chi connectivity index (χ2n) is 3.53. The van der Waals surface area contributed by atoms with Crippen molar-refractivity contribution in [3.05, 3.63) is 39.0 Å². The summed E-state index contributed by atoms with van der Waals surface area (Å²) < 4.78 is 2.70. The standard InChI is InChI=1S/C11H5BrClN3OS/c12-6-1-8(13)9-3-14-10(16(9)4-6)11-15-2-7(5-17)18-11/h1-5H. The van der Waals surface area contributed by atoms with Crippen LogP contribution in [0.15, 0.2) is 29.1 Å². The van der Waals surface area contributed by atoms with Crippen molar-refractivity contribution in [2.75, 3.05) is 0 Å². The van der Waals surface area contributed by atoms with Crippen molar-refractivity contribution in [3.8, 4) is 10.8 Å². The second kappa shape index (κ2) is 4.46. The van der Waals surface area contributed by atoms with Crippen LogP contribution in [0.3, 0.4) is 0 Å². The molecule has 0 aliphatic carbocycles. The van der Waals surface area contributed by atoms with Crippen molar-refractivity contribution in [3.63, 3.8) is 0 Å². The summed E-state index contributed by atoms with van der Waals surface area (Å²) in [6.07, 6.45) is 5.87. The molecular weight excluding hydrogens is 338 g/mol. The van der Waals surface area contributed by atoms with E-state index in [1.165, 1.54) is 17.5 Å². The fourth-order valence-corrected chi connectivity index (χ4v) is 3.17. The van der Waals surface area contributed by atoms with E-state index in [0.29, 0.717) is 20.7 Å². The summed E-state index contributed by atoms with van der Waals surface area (Å²) in [6, 6.07) is 1.81. The third-order valence-electron chi connectivity index (χ3n) is 2.39. The first-order valence-corrected chi connectivity index (χ1v) is 6.91. The van der Waals surface area contributed by atoms with Crippen molar-refractivity contribution in [1.82, 2.24) is 14.4 Å². The van der Waals surface area contributed by atoms with Crippen LogP contribution >= 0.6 is 38.9 Å². The highest BCUT2D eigenvalue weighted by Crippen LogP contribution is 2.29. The largest absolute Gasteiger partial charge is 0.297 e. The van der Waals surface area contributed by atoms with Gasteiger partial charge < -0.3 is 0 Å². The van der Waals surface area contributed by atoms with Gasteiger partial charge in [0.15, 0.2) is 17.1 Å². The molecule has 0 atom stereocenters. The Morgan fingerprint density at radius 3 is 2.94 bits per heavy atom. The molecule has 90 valence electrons. The van der Waals surface area contributed by atoms with Gasteiger partial charge in [0.1, 0.15) is 0 Å². The second-order valence-corrected chi connectivity index (χ2v) is 5.91. The van der Waals surface area contributed by atoms with E-state index in [1.807, 2.05) is 10.6 Å². The van der Waals surface area contributed by atoms with Gasteiger partial charge in [-0.15, -0.1) is 11.3 Å². The van der Waals surface area contributed by atoms with E-state index in [9.17, 15) is 4.79 Å². The van der Waals surface area contributed by atoms with Crippen LogP contribution in [-0.4, -0.2) is 20.7 Å². The minimum absolute atomic E-state index is 0.572. The number of aromatic nitrogens is 3. The van der Waals surface area contributed by atoms with Crippen LogP contribution in [0.1, 0.15) is 9.67 Å². The monoisotopic (exact) mass is 341 g/mol. The molecule has 0 saturated heterocycles. The van der Waals surface area contributed by atoms with Gasteiger partial charge in [-0.05, 0) is 22.0 Å². The smallest absolute Gasteiger partial charge is 0.173 e. The molecule has 0 aromatic carbocycles. The molecule has 3 rings (SSSR count). The highest BCUT2D eigenvalue weighted by Gasteiger charge is 2.13. The molecule has 0 radical (unpaired) electrons. The van der Waals surface area contributed by atoms with Gasteiger partial charge in [0.2, 0.25) is 0 Å². The SMILES string of the molecule is O=Cc1cnc(-c2ncc3c(Cl)cc(Br)cn23)s1. The molecule has 3 aromatic rings. The van der Waals surface area contributed by atoms with Crippen molar-refractivity contribution < 1.29 is 4.79 Å². The number of nitrogens with zero attached hydrogens (tertiary/aromatic N) is 3. The lowest BCUT2D eigenvalue weighted by atomic mass is 10.4. The number of fused-ring (bicyclic) bond motifs is 1. The molecule has 18 heavy (non-hydrogen) atoms. The number of pyridine rings is 1. The lowest BCUT2D eigenvalue weighted by Gasteiger charge is -2.00. The molecule has 0 N–H and O–H groups in total. The van der Waals surface area contributed by atoms with Crippen LogP contribution in [0, 0.1) is 0 Å². The third kappa shape index (κ3) is 1.86. The normalized spacial score (nSPS) is 11.0. The lowest BCUT2D eigenvalue weighted by Crippen LogP contribution is -1.89. The number of imidazole rings is 1. The summed E-state index contributed by atoms with van der Waals surface area (Å²) in [7, 11) is 0. The number of thiazole rings is 1. The molecule has 3 heterocycles. The van der Waals surface area contributed by atoms with E-state index in [2.05, 4.69) is 25.9 Å². The van der Waals surface area contributed by atoms with E-state index in [-0.39, 0.29) is 0 Å². The van der Waals surface area contributed by atoms with E-state index < -0.39 is 0 Å². The highest BCUT2D eigenvalue weighted by atomic mass is 79.9. The Hall–Kier alpha value is -1.24. The molecule has 0 aliphatic heterocycles. The first kappa shape index (κ1) is 11.8. The summed E-state index contributed by atoms with van der Waals surface area (Å²) >= 11 is 10.8. The van der Waals surface area contributed by atoms with Crippen LogP contribution in [0.4, 0.5) is 0 Å². The van der Waals surface area contributed by atoms with Crippen LogP contribution in [-0.2, 0) is 0 Å². The van der Waals surface area contributed by atoms with Crippen molar-refractivity contribution in [2.24, 2.45) is 0 Å². The van der Waals surface area contributed by atoms with Gasteiger partial charge in [-0.25, -0.2) is 9.97 Å². The number of carbonyl (C=O) groups excluding carboxylic acids is 1.